The van der Waals surface area contributed by atoms with E-state index in [2.05, 4.69) is 25.9 Å². The van der Waals surface area contributed by atoms with Crippen molar-refractivity contribution in [1.29, 1.82) is 0 Å². The summed E-state index contributed by atoms with van der Waals surface area (Å²) in [7, 11) is 0. The highest BCUT2D eigenvalue weighted by Crippen LogP contribution is 2.22. The van der Waals surface area contributed by atoms with Crippen molar-refractivity contribution >= 4 is 27.3 Å². The summed E-state index contributed by atoms with van der Waals surface area (Å²) in [6.45, 7) is 0.618. The van der Waals surface area contributed by atoms with Gasteiger partial charge in [0, 0.05) is 17.3 Å². The second-order valence-corrected chi connectivity index (χ2v) is 5.77. The van der Waals surface area contributed by atoms with Gasteiger partial charge in [0.2, 0.25) is 0 Å². The summed E-state index contributed by atoms with van der Waals surface area (Å²) < 4.78 is 7.64. The van der Waals surface area contributed by atoms with Gasteiger partial charge in [-0.25, -0.2) is 9.78 Å². The Balaban J connectivity index is 2.03. The van der Waals surface area contributed by atoms with Crippen molar-refractivity contribution in [2.75, 3.05) is 0 Å². The van der Waals surface area contributed by atoms with Gasteiger partial charge >= 0.3 is 5.76 Å². The fourth-order valence-electron chi connectivity index (χ4n) is 1.58. The van der Waals surface area contributed by atoms with Crippen LogP contribution in [-0.2, 0) is 6.54 Å². The Bertz CT molecular complexity index is 687. The van der Waals surface area contributed by atoms with Crippen molar-refractivity contribution < 1.29 is 4.42 Å². The van der Waals surface area contributed by atoms with Gasteiger partial charge in [-0.2, -0.15) is 4.98 Å². The molecule has 7 heteroatoms. The van der Waals surface area contributed by atoms with E-state index in [1.54, 1.807) is 23.6 Å². The van der Waals surface area contributed by atoms with Gasteiger partial charge in [0.15, 0.2) is 15.5 Å². The molecular formula is C10H6BrN3O2S. The predicted molar refractivity (Wildman–Crippen MR) is 66.3 cm³/mol. The molecule has 0 saturated heterocycles. The first-order valence-corrected chi connectivity index (χ1v) is 6.39. The number of fused-ring (bicyclic) bond motifs is 1. The molecule has 0 aliphatic carbocycles. The lowest BCUT2D eigenvalue weighted by Gasteiger charge is -2.07. The van der Waals surface area contributed by atoms with E-state index in [0.717, 1.165) is 8.79 Å². The molecule has 17 heavy (non-hydrogen) atoms. The van der Waals surface area contributed by atoms with Crippen LogP contribution in [0.4, 0.5) is 0 Å². The Labute approximate surface area is 108 Å². The molecule has 0 aromatic carbocycles. The van der Waals surface area contributed by atoms with E-state index in [1.165, 1.54) is 0 Å². The van der Waals surface area contributed by atoms with Gasteiger partial charge in [-0.1, -0.05) is 0 Å². The molecule has 0 spiro atoms. The molecule has 3 heterocycles. The van der Waals surface area contributed by atoms with Crippen LogP contribution in [0.1, 0.15) is 4.88 Å². The highest BCUT2D eigenvalue weighted by Gasteiger charge is 2.14. The smallest absolute Gasteiger partial charge is 0.405 e. The van der Waals surface area contributed by atoms with Crippen LogP contribution in [-0.4, -0.2) is 14.5 Å². The second-order valence-electron chi connectivity index (χ2n) is 3.38. The topological polar surface area (TPSA) is 60.9 Å². The van der Waals surface area contributed by atoms with Crippen LogP contribution in [0.15, 0.2) is 37.7 Å². The van der Waals surface area contributed by atoms with Crippen molar-refractivity contribution in [3.63, 3.8) is 0 Å². The molecule has 1 aromatic heterocycles. The Hall–Kier alpha value is -1.47. The number of pyridine rings is 1. The Morgan fingerprint density at radius 1 is 1.53 bits per heavy atom. The van der Waals surface area contributed by atoms with E-state index in [4.69, 9.17) is 4.42 Å². The normalized spacial score (nSPS) is 11.1. The minimum Gasteiger partial charge on any atom is -0.405 e. The standard InChI is InChI=1S/C10H6BrN3O2S/c11-9-12-4-6(17-9)5-14-3-1-2-7-8(14)13-10(15)16-7/h1-4H,5H2. The molecule has 0 saturated carbocycles. The molecule has 0 unspecified atom stereocenters. The average Bonchev–Trinajstić information content (AvgIpc) is 2.84. The van der Waals surface area contributed by atoms with Crippen LogP contribution in [0.3, 0.4) is 0 Å². The van der Waals surface area contributed by atoms with Crippen LogP contribution in [0.2, 0.25) is 0 Å². The third-order valence-electron chi connectivity index (χ3n) is 2.25. The van der Waals surface area contributed by atoms with Crippen LogP contribution < -0.4 is 5.76 Å². The molecule has 0 atom stereocenters. The molecule has 0 N–H and O–H groups in total. The first-order chi connectivity index (χ1) is 8.22. The fraction of sp³-hybridized carbons (Fsp3) is 0.100. The summed E-state index contributed by atoms with van der Waals surface area (Å²) in [5.41, 5.74) is 0. The average molecular weight is 312 g/mol. The number of oxazole rings is 1. The van der Waals surface area contributed by atoms with E-state index in [1.807, 2.05) is 16.8 Å². The van der Waals surface area contributed by atoms with Gasteiger partial charge in [-0.15, -0.1) is 11.3 Å². The van der Waals surface area contributed by atoms with Crippen LogP contribution in [0.25, 0.3) is 11.6 Å². The maximum Gasteiger partial charge on any atom is 0.441 e. The molecule has 0 fully saturated rings. The largest absolute Gasteiger partial charge is 0.441 e. The molecule has 86 valence electrons. The maximum absolute atomic E-state index is 11.1. The number of hydrogen-bond donors (Lipinski definition) is 0. The number of hydrogen-bond acceptors (Lipinski definition) is 5. The first kappa shape index (κ1) is 10.7. The third kappa shape index (κ3) is 2.03. The predicted octanol–water partition coefficient (Wildman–Crippen LogP) is 2.21. The van der Waals surface area contributed by atoms with Crippen molar-refractivity contribution in [1.82, 2.24) is 14.5 Å². The summed E-state index contributed by atoms with van der Waals surface area (Å²) in [6.07, 6.45) is 3.65. The zero-order chi connectivity index (χ0) is 11.8. The summed E-state index contributed by atoms with van der Waals surface area (Å²) in [5, 5.41) is 0. The van der Waals surface area contributed by atoms with E-state index < -0.39 is 5.76 Å². The van der Waals surface area contributed by atoms with E-state index in [0.29, 0.717) is 18.1 Å². The lowest BCUT2D eigenvalue weighted by Crippen LogP contribution is -2.04. The number of nitrogens with zero attached hydrogens (tertiary/aromatic N) is 3. The van der Waals surface area contributed by atoms with Crippen LogP contribution >= 0.6 is 27.3 Å². The Kier molecular flexibility index (Phi) is 2.56. The SMILES string of the molecule is O=c1nc2n(Cc3cnc(Br)s3)cccc-2o1. The number of thiazole rings is 1. The molecule has 2 aliphatic heterocycles. The van der Waals surface area contributed by atoms with Gasteiger partial charge in [-0.3, -0.25) is 0 Å². The van der Waals surface area contributed by atoms with E-state index >= 15 is 0 Å². The van der Waals surface area contributed by atoms with Crippen LogP contribution in [0.5, 0.6) is 0 Å². The van der Waals surface area contributed by atoms with Crippen LogP contribution in [0, 0.1) is 0 Å². The van der Waals surface area contributed by atoms with Gasteiger partial charge < -0.3 is 8.98 Å². The summed E-state index contributed by atoms with van der Waals surface area (Å²) in [4.78, 5) is 20.1. The lowest BCUT2D eigenvalue weighted by molar-refractivity contribution is 0.529. The van der Waals surface area contributed by atoms with Gasteiger partial charge in [0.05, 0.1) is 6.54 Å². The van der Waals surface area contributed by atoms with Crippen molar-refractivity contribution in [2.24, 2.45) is 0 Å². The fourth-order valence-corrected chi connectivity index (χ4v) is 2.93. The van der Waals surface area contributed by atoms with E-state index in [9.17, 15) is 4.79 Å². The molecule has 5 nitrogen and oxygen atoms in total. The van der Waals surface area contributed by atoms with Crippen molar-refractivity contribution in [2.45, 2.75) is 6.54 Å². The van der Waals surface area contributed by atoms with Crippen molar-refractivity contribution in [3.05, 3.63) is 43.9 Å². The lowest BCUT2D eigenvalue weighted by atomic mass is 10.3. The number of halogens is 1. The summed E-state index contributed by atoms with van der Waals surface area (Å²) in [6, 6.07) is 3.55. The third-order valence-corrected chi connectivity index (χ3v) is 3.71. The first-order valence-electron chi connectivity index (χ1n) is 4.78. The minimum atomic E-state index is -0.564. The molecule has 2 aliphatic rings. The zero-order valence-corrected chi connectivity index (χ0v) is 10.9. The molecule has 3 rings (SSSR count). The monoisotopic (exact) mass is 311 g/mol. The molecule has 0 bridgehead atoms. The maximum atomic E-state index is 11.1. The number of aromatic nitrogens is 3. The summed E-state index contributed by atoms with van der Waals surface area (Å²) in [5.74, 6) is 0.494. The van der Waals surface area contributed by atoms with Gasteiger partial charge in [0.25, 0.3) is 0 Å². The van der Waals surface area contributed by atoms with Crippen molar-refractivity contribution in [3.8, 4) is 11.6 Å². The second kappa shape index (κ2) is 4.08. The van der Waals surface area contributed by atoms with Gasteiger partial charge in [0.1, 0.15) is 0 Å². The Morgan fingerprint density at radius 3 is 3.18 bits per heavy atom. The Morgan fingerprint density at radius 2 is 2.41 bits per heavy atom. The minimum absolute atomic E-state index is 0.501. The highest BCUT2D eigenvalue weighted by molar-refractivity contribution is 9.11. The number of rotatable bonds is 2. The summed E-state index contributed by atoms with van der Waals surface area (Å²) >= 11 is 4.86. The molecule has 1 aromatic rings. The van der Waals surface area contributed by atoms with E-state index in [-0.39, 0.29) is 0 Å². The quantitative estimate of drug-likeness (QED) is 0.728. The zero-order valence-electron chi connectivity index (χ0n) is 8.46. The molecular weight excluding hydrogens is 306 g/mol. The van der Waals surface area contributed by atoms with Gasteiger partial charge in [-0.05, 0) is 28.1 Å². The highest BCUT2D eigenvalue weighted by atomic mass is 79.9. The molecule has 0 amide bonds. The molecule has 0 radical (unpaired) electrons.